The molecule has 0 amide bonds. The van der Waals surface area contributed by atoms with E-state index in [9.17, 15) is 0 Å². The zero-order valence-electron chi connectivity index (χ0n) is 17.5. The number of hydrogen-bond acceptors (Lipinski definition) is 7. The van der Waals surface area contributed by atoms with Gasteiger partial charge in [0, 0.05) is 45.4 Å². The largest absolute Gasteiger partial charge is 0.400 e. The molecule has 0 unspecified atom stereocenters. The highest BCUT2D eigenvalue weighted by molar-refractivity contribution is 5.75. The lowest BCUT2D eigenvalue weighted by molar-refractivity contribution is 0.399. The van der Waals surface area contributed by atoms with Gasteiger partial charge in [0.2, 0.25) is 5.95 Å². The fourth-order valence-corrected chi connectivity index (χ4v) is 3.25. The molecule has 0 radical (unpaired) electrons. The van der Waals surface area contributed by atoms with E-state index in [4.69, 9.17) is 5.11 Å². The van der Waals surface area contributed by atoms with Crippen molar-refractivity contribution < 1.29 is 5.11 Å². The van der Waals surface area contributed by atoms with Crippen LogP contribution in [0.1, 0.15) is 5.56 Å². The molecule has 0 aliphatic rings. The fraction of sp³-hybridized carbons (Fsp3) is 0.190. The minimum atomic E-state index is 0.511. The van der Waals surface area contributed by atoms with Gasteiger partial charge in [0.25, 0.3) is 0 Å². The second-order valence-electron chi connectivity index (χ2n) is 6.91. The average molecular weight is 417 g/mol. The van der Waals surface area contributed by atoms with Gasteiger partial charge in [-0.25, -0.2) is 9.67 Å². The van der Waals surface area contributed by atoms with Crippen LogP contribution in [0, 0.1) is 0 Å². The Labute approximate surface area is 178 Å². The Balaban J connectivity index is 0.00000112. The molecule has 2 N–H and O–H groups in total. The molecule has 1 aromatic carbocycles. The number of benzene rings is 1. The number of aromatic nitrogens is 8. The van der Waals surface area contributed by atoms with Gasteiger partial charge in [-0.2, -0.15) is 20.3 Å². The van der Waals surface area contributed by atoms with Gasteiger partial charge in [0.05, 0.1) is 36.2 Å². The number of nitrogens with zero attached hydrogens (tertiary/aromatic N) is 8. The molecule has 0 bridgehead atoms. The molecular weight excluding hydrogens is 394 g/mol. The normalized spacial score (nSPS) is 10.7. The van der Waals surface area contributed by atoms with Crippen molar-refractivity contribution in [3.63, 3.8) is 0 Å². The molecule has 0 saturated heterocycles. The summed E-state index contributed by atoms with van der Waals surface area (Å²) in [5.74, 6) is 0.511. The zero-order valence-corrected chi connectivity index (χ0v) is 17.5. The monoisotopic (exact) mass is 417 g/mol. The van der Waals surface area contributed by atoms with E-state index in [-0.39, 0.29) is 0 Å². The van der Waals surface area contributed by atoms with Crippen molar-refractivity contribution in [2.75, 3.05) is 12.4 Å². The maximum atomic E-state index is 7.00. The summed E-state index contributed by atoms with van der Waals surface area (Å²) in [6, 6.07) is 8.37. The van der Waals surface area contributed by atoms with Crippen molar-refractivity contribution in [1.82, 2.24) is 39.3 Å². The molecule has 5 rings (SSSR count). The average Bonchev–Trinajstić information content (AvgIpc) is 3.51. The van der Waals surface area contributed by atoms with Crippen LogP contribution in [0.3, 0.4) is 0 Å². The van der Waals surface area contributed by atoms with Gasteiger partial charge in [-0.1, -0.05) is 18.2 Å². The van der Waals surface area contributed by atoms with Crippen LogP contribution in [0.2, 0.25) is 0 Å². The lowest BCUT2D eigenvalue weighted by atomic mass is 10.1. The first-order chi connectivity index (χ1) is 15.1. The van der Waals surface area contributed by atoms with Crippen LogP contribution in [0.25, 0.3) is 22.2 Å². The Kier molecular flexibility index (Phi) is 5.72. The Morgan fingerprint density at radius 2 is 1.71 bits per heavy atom. The minimum absolute atomic E-state index is 0.511. The fourth-order valence-electron chi connectivity index (χ4n) is 3.25. The van der Waals surface area contributed by atoms with Crippen molar-refractivity contribution in [3.05, 3.63) is 67.0 Å². The molecule has 10 heteroatoms. The van der Waals surface area contributed by atoms with Crippen LogP contribution in [-0.4, -0.2) is 51.5 Å². The molecular formula is C21H23N9O. The minimum Gasteiger partial charge on any atom is -0.400 e. The van der Waals surface area contributed by atoms with Gasteiger partial charge in [0.15, 0.2) is 5.65 Å². The van der Waals surface area contributed by atoms with Crippen molar-refractivity contribution >= 4 is 22.7 Å². The molecule has 0 atom stereocenters. The number of aliphatic hydroxyl groups excluding tert-OH is 1. The predicted octanol–water partition coefficient (Wildman–Crippen LogP) is 2.36. The van der Waals surface area contributed by atoms with Crippen LogP contribution in [0.15, 0.2) is 61.4 Å². The topological polar surface area (TPSA) is 112 Å². The summed E-state index contributed by atoms with van der Waals surface area (Å²) < 4.78 is 5.41. The molecule has 0 fully saturated rings. The second kappa shape index (κ2) is 8.76. The van der Waals surface area contributed by atoms with Crippen molar-refractivity contribution in [1.29, 1.82) is 0 Å². The molecule has 10 nitrogen and oxygen atoms in total. The first-order valence-corrected chi connectivity index (χ1v) is 9.61. The molecule has 158 valence electrons. The predicted molar refractivity (Wildman–Crippen MR) is 118 cm³/mol. The summed E-state index contributed by atoms with van der Waals surface area (Å²) in [5, 5.41) is 24.0. The number of hydrogen-bond donors (Lipinski definition) is 2. The highest BCUT2D eigenvalue weighted by atomic mass is 16.2. The van der Waals surface area contributed by atoms with Gasteiger partial charge >= 0.3 is 0 Å². The summed E-state index contributed by atoms with van der Waals surface area (Å²) in [4.78, 5) is 9.01. The van der Waals surface area contributed by atoms with Gasteiger partial charge < -0.3 is 10.4 Å². The lowest BCUT2D eigenvalue weighted by Crippen LogP contribution is -2.04. The molecule has 0 aliphatic carbocycles. The molecule has 4 heterocycles. The smallest absolute Gasteiger partial charge is 0.229 e. The van der Waals surface area contributed by atoms with Crippen LogP contribution >= 0.6 is 0 Å². The Morgan fingerprint density at radius 1 is 0.903 bits per heavy atom. The number of aryl methyl sites for hydroxylation is 2. The van der Waals surface area contributed by atoms with E-state index in [1.807, 2.05) is 43.4 Å². The van der Waals surface area contributed by atoms with Crippen molar-refractivity contribution in [3.8, 4) is 11.1 Å². The van der Waals surface area contributed by atoms with Gasteiger partial charge in [-0.15, -0.1) is 0 Å². The van der Waals surface area contributed by atoms with Crippen LogP contribution in [0.4, 0.5) is 11.6 Å². The van der Waals surface area contributed by atoms with E-state index in [0.29, 0.717) is 12.5 Å². The first kappa shape index (κ1) is 20.2. The molecule has 5 aromatic rings. The summed E-state index contributed by atoms with van der Waals surface area (Å²) in [6.45, 7) is 0.612. The van der Waals surface area contributed by atoms with Crippen molar-refractivity contribution in [2.45, 2.75) is 6.54 Å². The molecule has 31 heavy (non-hydrogen) atoms. The van der Waals surface area contributed by atoms with E-state index >= 15 is 0 Å². The van der Waals surface area contributed by atoms with E-state index in [0.717, 1.165) is 40.5 Å². The molecule has 0 aliphatic heterocycles. The summed E-state index contributed by atoms with van der Waals surface area (Å²) in [6.07, 6.45) is 11.0. The number of nitrogens with one attached hydrogen (secondary N) is 1. The zero-order chi connectivity index (χ0) is 21.8. The quantitative estimate of drug-likeness (QED) is 0.451. The SMILES string of the molecule is CO.Cn1cc(Nc2ncc3cnn(Cc4cccc(-c5cnn(C)c5)c4)c3n2)cn1. The third-order valence-corrected chi connectivity index (χ3v) is 4.64. The van der Waals surface area contributed by atoms with Gasteiger partial charge in [-0.05, 0) is 17.2 Å². The number of aliphatic hydroxyl groups is 1. The van der Waals surface area contributed by atoms with Crippen LogP contribution in [-0.2, 0) is 20.6 Å². The van der Waals surface area contributed by atoms with Crippen molar-refractivity contribution in [2.24, 2.45) is 14.1 Å². The summed E-state index contributed by atoms with van der Waals surface area (Å²) in [5.41, 5.74) is 4.96. The van der Waals surface area contributed by atoms with E-state index in [2.05, 4.69) is 48.8 Å². The standard InChI is InChI=1S/C20H19N9.CH4O/c1-27-12-17(9-22-27)15-5-3-4-14(6-15)11-29-19-16(8-24-29)7-21-20(26-19)25-18-10-23-28(2)13-18;1-2/h3-10,12-13H,11H2,1-2H3,(H,21,25,26);2H,1H3. The Bertz CT molecular complexity index is 1300. The van der Waals surface area contributed by atoms with E-state index in [1.54, 1.807) is 28.0 Å². The maximum Gasteiger partial charge on any atom is 0.229 e. The van der Waals surface area contributed by atoms with Crippen LogP contribution < -0.4 is 5.32 Å². The second-order valence-corrected chi connectivity index (χ2v) is 6.91. The summed E-state index contributed by atoms with van der Waals surface area (Å²) in [7, 11) is 4.78. The Morgan fingerprint density at radius 3 is 2.45 bits per heavy atom. The van der Waals surface area contributed by atoms with Crippen LogP contribution in [0.5, 0.6) is 0 Å². The summed E-state index contributed by atoms with van der Waals surface area (Å²) >= 11 is 0. The number of fused-ring (bicyclic) bond motifs is 1. The lowest BCUT2D eigenvalue weighted by Gasteiger charge is -2.07. The first-order valence-electron chi connectivity index (χ1n) is 9.61. The third-order valence-electron chi connectivity index (χ3n) is 4.64. The van der Waals surface area contributed by atoms with E-state index in [1.165, 1.54) is 0 Å². The maximum absolute atomic E-state index is 7.00. The van der Waals surface area contributed by atoms with Gasteiger partial charge in [0.1, 0.15) is 0 Å². The van der Waals surface area contributed by atoms with Gasteiger partial charge in [-0.3, -0.25) is 9.36 Å². The number of rotatable bonds is 5. The third kappa shape index (κ3) is 4.43. The van der Waals surface area contributed by atoms with E-state index < -0.39 is 0 Å². The number of anilines is 2. The molecule has 4 aromatic heterocycles. The highest BCUT2D eigenvalue weighted by Gasteiger charge is 2.09. The molecule has 0 spiro atoms. The Hall–Kier alpha value is -4.05. The highest BCUT2D eigenvalue weighted by Crippen LogP contribution is 2.21. The molecule has 0 saturated carbocycles.